The van der Waals surface area contributed by atoms with Crippen molar-refractivity contribution in [2.24, 2.45) is 5.73 Å². The second-order valence-electron chi connectivity index (χ2n) is 5.17. The average molecular weight is 273 g/mol. The van der Waals surface area contributed by atoms with Crippen LogP contribution >= 0.6 is 0 Å². The van der Waals surface area contributed by atoms with Crippen molar-refractivity contribution in [2.75, 3.05) is 19.6 Å². The van der Waals surface area contributed by atoms with E-state index < -0.39 is 0 Å². The Bertz CT molecular complexity index is 536. The molecule has 6 nitrogen and oxygen atoms in total. The Morgan fingerprint density at radius 2 is 2.15 bits per heavy atom. The van der Waals surface area contributed by atoms with E-state index in [9.17, 15) is 0 Å². The predicted molar refractivity (Wildman–Crippen MR) is 74.7 cm³/mol. The molecule has 0 aromatic carbocycles. The summed E-state index contributed by atoms with van der Waals surface area (Å²) in [6.45, 7) is 3.01. The maximum atomic E-state index is 6.17. The number of hydrogen-bond donors (Lipinski definition) is 1. The van der Waals surface area contributed by atoms with Crippen LogP contribution in [0, 0.1) is 0 Å². The zero-order valence-corrected chi connectivity index (χ0v) is 11.4. The Hall–Kier alpha value is -1.79. The SMILES string of the molecule is NC(CN1CCCCC1)c1noc(-c2cccnc2)n1. The van der Waals surface area contributed by atoms with Crippen molar-refractivity contribution in [1.82, 2.24) is 20.0 Å². The predicted octanol–water partition coefficient (Wildman–Crippen LogP) is 1.62. The highest BCUT2D eigenvalue weighted by Gasteiger charge is 2.19. The number of piperidine rings is 1. The number of hydrogen-bond acceptors (Lipinski definition) is 6. The van der Waals surface area contributed by atoms with E-state index in [-0.39, 0.29) is 6.04 Å². The molecule has 0 amide bonds. The van der Waals surface area contributed by atoms with Crippen molar-refractivity contribution in [3.63, 3.8) is 0 Å². The van der Waals surface area contributed by atoms with Gasteiger partial charge in [-0.05, 0) is 38.1 Å². The van der Waals surface area contributed by atoms with Gasteiger partial charge in [0, 0.05) is 18.9 Å². The molecule has 2 aromatic rings. The third kappa shape index (κ3) is 3.02. The molecule has 0 bridgehead atoms. The molecule has 1 saturated heterocycles. The Balaban J connectivity index is 1.66. The van der Waals surface area contributed by atoms with E-state index in [4.69, 9.17) is 10.3 Å². The quantitative estimate of drug-likeness (QED) is 0.911. The zero-order valence-electron chi connectivity index (χ0n) is 11.4. The molecule has 1 atom stereocenters. The standard InChI is InChI=1S/C14H19N5O/c15-12(10-19-7-2-1-3-8-19)13-17-14(20-18-13)11-5-4-6-16-9-11/h4-6,9,12H,1-3,7-8,10,15H2. The van der Waals surface area contributed by atoms with Crippen molar-refractivity contribution in [1.29, 1.82) is 0 Å². The minimum atomic E-state index is -0.206. The second-order valence-corrected chi connectivity index (χ2v) is 5.17. The maximum absolute atomic E-state index is 6.17. The number of likely N-dealkylation sites (tertiary alicyclic amines) is 1. The van der Waals surface area contributed by atoms with Crippen LogP contribution in [0.4, 0.5) is 0 Å². The van der Waals surface area contributed by atoms with Crippen LogP contribution in [0.3, 0.4) is 0 Å². The van der Waals surface area contributed by atoms with Crippen LogP contribution in [-0.4, -0.2) is 39.7 Å². The van der Waals surface area contributed by atoms with Crippen LogP contribution in [0.25, 0.3) is 11.5 Å². The van der Waals surface area contributed by atoms with Gasteiger partial charge in [0.15, 0.2) is 5.82 Å². The third-order valence-electron chi connectivity index (χ3n) is 3.59. The molecule has 1 fully saturated rings. The van der Waals surface area contributed by atoms with E-state index in [0.717, 1.165) is 25.2 Å². The molecule has 0 radical (unpaired) electrons. The van der Waals surface area contributed by atoms with Gasteiger partial charge in [-0.15, -0.1) is 0 Å². The summed E-state index contributed by atoms with van der Waals surface area (Å²) in [6.07, 6.45) is 7.23. The molecule has 0 spiro atoms. The van der Waals surface area contributed by atoms with Gasteiger partial charge in [0.1, 0.15) is 0 Å². The van der Waals surface area contributed by atoms with Crippen molar-refractivity contribution in [3.8, 4) is 11.5 Å². The summed E-state index contributed by atoms with van der Waals surface area (Å²) in [5.41, 5.74) is 6.99. The lowest BCUT2D eigenvalue weighted by molar-refractivity contribution is 0.213. The average Bonchev–Trinajstić information content (AvgIpc) is 2.99. The van der Waals surface area contributed by atoms with Crippen LogP contribution in [0.1, 0.15) is 31.1 Å². The molecule has 0 saturated carbocycles. The molecule has 1 unspecified atom stereocenters. The van der Waals surface area contributed by atoms with Crippen LogP contribution in [0.15, 0.2) is 29.0 Å². The number of nitrogens with two attached hydrogens (primary N) is 1. The fourth-order valence-electron chi connectivity index (χ4n) is 2.49. The van der Waals surface area contributed by atoms with Crippen molar-refractivity contribution in [2.45, 2.75) is 25.3 Å². The zero-order chi connectivity index (χ0) is 13.8. The van der Waals surface area contributed by atoms with Crippen molar-refractivity contribution >= 4 is 0 Å². The monoisotopic (exact) mass is 273 g/mol. The molecule has 6 heteroatoms. The largest absolute Gasteiger partial charge is 0.334 e. The topological polar surface area (TPSA) is 81.1 Å². The fraction of sp³-hybridized carbons (Fsp3) is 0.500. The molecule has 0 aliphatic carbocycles. The molecule has 2 N–H and O–H groups in total. The van der Waals surface area contributed by atoms with E-state index in [0.29, 0.717) is 11.7 Å². The maximum Gasteiger partial charge on any atom is 0.259 e. The highest BCUT2D eigenvalue weighted by molar-refractivity contribution is 5.50. The van der Waals surface area contributed by atoms with Crippen LogP contribution in [0.2, 0.25) is 0 Å². The Labute approximate surface area is 118 Å². The number of aromatic nitrogens is 3. The van der Waals surface area contributed by atoms with Gasteiger partial charge >= 0.3 is 0 Å². The Morgan fingerprint density at radius 1 is 1.30 bits per heavy atom. The van der Waals surface area contributed by atoms with Crippen molar-refractivity contribution in [3.05, 3.63) is 30.4 Å². The van der Waals surface area contributed by atoms with E-state index in [1.165, 1.54) is 19.3 Å². The Kier molecular flexibility index (Phi) is 4.03. The minimum absolute atomic E-state index is 0.206. The molecule has 3 rings (SSSR count). The number of nitrogens with zero attached hydrogens (tertiary/aromatic N) is 4. The first-order chi connectivity index (χ1) is 9.83. The minimum Gasteiger partial charge on any atom is -0.334 e. The number of pyridine rings is 1. The summed E-state index contributed by atoms with van der Waals surface area (Å²) in [5, 5.41) is 3.99. The third-order valence-corrected chi connectivity index (χ3v) is 3.59. The van der Waals surface area contributed by atoms with Gasteiger partial charge in [-0.3, -0.25) is 4.98 Å². The van der Waals surface area contributed by atoms with E-state index in [2.05, 4.69) is 20.0 Å². The van der Waals surface area contributed by atoms with E-state index in [1.54, 1.807) is 12.4 Å². The smallest absolute Gasteiger partial charge is 0.259 e. The Morgan fingerprint density at radius 3 is 2.90 bits per heavy atom. The summed E-state index contributed by atoms with van der Waals surface area (Å²) < 4.78 is 5.26. The van der Waals surface area contributed by atoms with Crippen LogP contribution in [-0.2, 0) is 0 Å². The van der Waals surface area contributed by atoms with E-state index in [1.807, 2.05) is 12.1 Å². The van der Waals surface area contributed by atoms with Crippen LogP contribution < -0.4 is 5.73 Å². The summed E-state index contributed by atoms with van der Waals surface area (Å²) in [4.78, 5) is 10.8. The van der Waals surface area contributed by atoms with Gasteiger partial charge in [0.25, 0.3) is 5.89 Å². The summed E-state index contributed by atoms with van der Waals surface area (Å²) >= 11 is 0. The molecule has 3 heterocycles. The molecule has 106 valence electrons. The van der Waals surface area contributed by atoms with Crippen LogP contribution in [0.5, 0.6) is 0 Å². The lowest BCUT2D eigenvalue weighted by Crippen LogP contribution is -2.36. The first-order valence-corrected chi connectivity index (χ1v) is 7.05. The molecule has 20 heavy (non-hydrogen) atoms. The van der Waals surface area contributed by atoms with Gasteiger partial charge in [0.2, 0.25) is 0 Å². The summed E-state index contributed by atoms with van der Waals surface area (Å²) in [6, 6.07) is 3.52. The lowest BCUT2D eigenvalue weighted by Gasteiger charge is -2.27. The van der Waals surface area contributed by atoms with Crippen molar-refractivity contribution < 1.29 is 4.52 Å². The summed E-state index contributed by atoms with van der Waals surface area (Å²) in [5.74, 6) is 1.04. The highest BCUT2D eigenvalue weighted by Crippen LogP contribution is 2.18. The lowest BCUT2D eigenvalue weighted by atomic mass is 10.1. The van der Waals surface area contributed by atoms with E-state index >= 15 is 0 Å². The van der Waals surface area contributed by atoms with Gasteiger partial charge in [-0.2, -0.15) is 4.98 Å². The van der Waals surface area contributed by atoms with Gasteiger partial charge in [0.05, 0.1) is 11.6 Å². The second kappa shape index (κ2) is 6.11. The molecular weight excluding hydrogens is 254 g/mol. The highest BCUT2D eigenvalue weighted by atomic mass is 16.5. The molecular formula is C14H19N5O. The van der Waals surface area contributed by atoms with Gasteiger partial charge in [-0.25, -0.2) is 0 Å². The fourth-order valence-corrected chi connectivity index (χ4v) is 2.49. The first kappa shape index (κ1) is 13.2. The number of rotatable bonds is 4. The molecule has 1 aliphatic rings. The van der Waals surface area contributed by atoms with Gasteiger partial charge in [-0.1, -0.05) is 11.6 Å². The first-order valence-electron chi connectivity index (χ1n) is 7.05. The van der Waals surface area contributed by atoms with Gasteiger partial charge < -0.3 is 15.2 Å². The molecule has 1 aliphatic heterocycles. The summed E-state index contributed by atoms with van der Waals surface area (Å²) in [7, 11) is 0. The normalized spacial score (nSPS) is 18.1. The molecule has 2 aromatic heterocycles.